The molecular weight excluding hydrogens is 428 g/mol. The van der Waals surface area contributed by atoms with Crippen LogP contribution in [0.4, 0.5) is 0 Å². The highest BCUT2D eigenvalue weighted by molar-refractivity contribution is 8.04. The summed E-state index contributed by atoms with van der Waals surface area (Å²) < 4.78 is 10.7. The van der Waals surface area contributed by atoms with Crippen LogP contribution in [0.25, 0.3) is 17.5 Å². The van der Waals surface area contributed by atoms with E-state index in [1.54, 1.807) is 42.5 Å². The van der Waals surface area contributed by atoms with Crippen LogP contribution in [-0.4, -0.2) is 40.0 Å². The van der Waals surface area contributed by atoms with Gasteiger partial charge >= 0.3 is 5.97 Å². The van der Waals surface area contributed by atoms with Crippen LogP contribution in [0.1, 0.15) is 5.56 Å². The Morgan fingerprint density at radius 3 is 2.87 bits per heavy atom. The van der Waals surface area contributed by atoms with Crippen molar-refractivity contribution in [1.29, 1.82) is 5.26 Å². The minimum Gasteiger partial charge on any atom is -0.496 e. The molecule has 0 saturated carbocycles. The summed E-state index contributed by atoms with van der Waals surface area (Å²) in [6.45, 7) is -0.147. The predicted molar refractivity (Wildman–Crippen MR) is 112 cm³/mol. The topological polar surface area (TPSA) is 121 Å². The van der Waals surface area contributed by atoms with E-state index < -0.39 is 5.97 Å². The molecule has 0 atom stereocenters. The van der Waals surface area contributed by atoms with Crippen molar-refractivity contribution in [1.82, 2.24) is 15.2 Å². The monoisotopic (exact) mass is 442 g/mol. The average Bonchev–Trinajstić information content (AvgIpc) is 3.21. The number of carboxylic acid groups (broad SMARTS) is 1. The molecule has 10 heteroatoms. The maximum atomic E-state index is 11.8. The van der Waals surface area contributed by atoms with Gasteiger partial charge in [0.05, 0.1) is 12.7 Å². The second-order valence-electron chi connectivity index (χ2n) is 5.71. The molecule has 2 aromatic carbocycles. The number of carbonyl (C=O) groups is 1. The molecule has 0 amide bonds. The van der Waals surface area contributed by atoms with E-state index in [1.165, 1.54) is 13.2 Å². The zero-order chi connectivity index (χ0) is 21.5. The van der Waals surface area contributed by atoms with Gasteiger partial charge in [-0.1, -0.05) is 29.8 Å². The van der Waals surface area contributed by atoms with Gasteiger partial charge in [-0.25, -0.2) is 9.78 Å². The van der Waals surface area contributed by atoms with Gasteiger partial charge in [-0.15, -0.1) is 5.10 Å². The third kappa shape index (κ3) is 5.11. The number of thioether (sulfide) groups is 1. The first-order valence-corrected chi connectivity index (χ1v) is 9.69. The number of aromatic nitrogens is 3. The van der Waals surface area contributed by atoms with Crippen LogP contribution in [-0.2, 0) is 4.79 Å². The number of ether oxygens (including phenoxy) is 2. The number of H-pyrrole nitrogens is 1. The standard InChI is InChI=1S/C20H15ClN4O4S/c1-28-16-7-6-13(21)11-14(16)18-23-20(25-24-18)30-17(19(26)27)10-12-4-2-3-5-15(12)29-9-8-22/h2-7,10-11H,9H2,1H3,(H,26,27)(H,23,24,25)/b17-10-. The summed E-state index contributed by atoms with van der Waals surface area (Å²) in [4.78, 5) is 16.1. The minimum absolute atomic E-state index is 0.0217. The smallest absolute Gasteiger partial charge is 0.342 e. The van der Waals surface area contributed by atoms with Gasteiger partial charge in [-0.2, -0.15) is 5.26 Å². The third-order valence-electron chi connectivity index (χ3n) is 3.79. The molecule has 0 radical (unpaired) electrons. The number of methoxy groups -OCH3 is 1. The lowest BCUT2D eigenvalue weighted by molar-refractivity contribution is -0.131. The molecule has 0 saturated heterocycles. The van der Waals surface area contributed by atoms with Crippen molar-refractivity contribution < 1.29 is 19.4 Å². The van der Waals surface area contributed by atoms with E-state index in [1.807, 2.05) is 6.07 Å². The van der Waals surface area contributed by atoms with Crippen molar-refractivity contribution in [3.63, 3.8) is 0 Å². The summed E-state index contributed by atoms with van der Waals surface area (Å²) in [7, 11) is 1.52. The van der Waals surface area contributed by atoms with E-state index in [4.69, 9.17) is 26.3 Å². The molecule has 0 aliphatic heterocycles. The summed E-state index contributed by atoms with van der Waals surface area (Å²) in [5, 5.41) is 25.9. The molecule has 0 fully saturated rings. The fourth-order valence-electron chi connectivity index (χ4n) is 2.49. The second-order valence-corrected chi connectivity index (χ2v) is 7.16. The predicted octanol–water partition coefficient (Wildman–Crippen LogP) is 4.25. The highest BCUT2D eigenvalue weighted by Crippen LogP contribution is 2.33. The summed E-state index contributed by atoms with van der Waals surface area (Å²) in [6.07, 6.45) is 1.44. The van der Waals surface area contributed by atoms with E-state index in [-0.39, 0.29) is 16.7 Å². The van der Waals surface area contributed by atoms with Crippen molar-refractivity contribution in [2.24, 2.45) is 0 Å². The SMILES string of the molecule is COc1ccc(Cl)cc1-c1nc(S/C(=C\c2ccccc2OCC#N)C(=O)O)n[nH]1. The van der Waals surface area contributed by atoms with Crippen LogP contribution in [0, 0.1) is 11.3 Å². The molecule has 3 aromatic rings. The number of benzene rings is 2. The molecular formula is C20H15ClN4O4S. The number of carboxylic acids is 1. The fraction of sp³-hybridized carbons (Fsp3) is 0.100. The van der Waals surface area contributed by atoms with E-state index in [0.717, 1.165) is 11.8 Å². The van der Waals surface area contributed by atoms with Gasteiger partial charge in [0.2, 0.25) is 5.16 Å². The quantitative estimate of drug-likeness (QED) is 0.392. The molecule has 30 heavy (non-hydrogen) atoms. The van der Waals surface area contributed by atoms with Crippen LogP contribution < -0.4 is 9.47 Å². The van der Waals surface area contributed by atoms with Crippen molar-refractivity contribution in [3.8, 4) is 29.0 Å². The van der Waals surface area contributed by atoms with Gasteiger partial charge in [-0.3, -0.25) is 5.10 Å². The number of nitrogens with one attached hydrogen (secondary N) is 1. The second kappa shape index (κ2) is 9.82. The molecule has 0 bridgehead atoms. The van der Waals surface area contributed by atoms with E-state index >= 15 is 0 Å². The summed E-state index contributed by atoms with van der Waals surface area (Å²) in [5.74, 6) is 0.184. The number of aromatic amines is 1. The molecule has 8 nitrogen and oxygen atoms in total. The maximum absolute atomic E-state index is 11.8. The van der Waals surface area contributed by atoms with Crippen LogP contribution in [0.2, 0.25) is 5.02 Å². The first kappa shape index (κ1) is 21.2. The normalized spacial score (nSPS) is 11.0. The van der Waals surface area contributed by atoms with Gasteiger partial charge < -0.3 is 14.6 Å². The molecule has 0 unspecified atom stereocenters. The molecule has 3 rings (SSSR count). The van der Waals surface area contributed by atoms with Crippen molar-refractivity contribution in [2.45, 2.75) is 5.16 Å². The summed E-state index contributed by atoms with van der Waals surface area (Å²) >= 11 is 6.93. The lowest BCUT2D eigenvalue weighted by Crippen LogP contribution is -1.99. The van der Waals surface area contributed by atoms with E-state index in [0.29, 0.717) is 33.5 Å². The van der Waals surface area contributed by atoms with Crippen molar-refractivity contribution >= 4 is 35.4 Å². The molecule has 2 N–H and O–H groups in total. The Balaban J connectivity index is 1.90. The largest absolute Gasteiger partial charge is 0.496 e. The molecule has 0 aliphatic rings. The van der Waals surface area contributed by atoms with Crippen LogP contribution in [0.3, 0.4) is 0 Å². The van der Waals surface area contributed by atoms with Crippen LogP contribution in [0.5, 0.6) is 11.5 Å². The molecule has 1 aromatic heterocycles. The zero-order valence-corrected chi connectivity index (χ0v) is 17.2. The fourth-order valence-corrected chi connectivity index (χ4v) is 3.36. The lowest BCUT2D eigenvalue weighted by atomic mass is 10.2. The lowest BCUT2D eigenvalue weighted by Gasteiger charge is -2.06. The summed E-state index contributed by atoms with van der Waals surface area (Å²) in [5.41, 5.74) is 1.12. The third-order valence-corrected chi connectivity index (χ3v) is 4.90. The number of nitrogens with zero attached hydrogens (tertiary/aromatic N) is 3. The number of nitriles is 1. The molecule has 152 valence electrons. The van der Waals surface area contributed by atoms with Crippen LogP contribution in [0.15, 0.2) is 52.5 Å². The number of rotatable bonds is 8. The number of para-hydroxylation sites is 1. The van der Waals surface area contributed by atoms with Crippen molar-refractivity contribution in [2.75, 3.05) is 13.7 Å². The first-order valence-electron chi connectivity index (χ1n) is 8.49. The maximum Gasteiger partial charge on any atom is 0.342 e. The summed E-state index contributed by atoms with van der Waals surface area (Å²) in [6, 6.07) is 13.8. The van der Waals surface area contributed by atoms with Crippen molar-refractivity contribution in [3.05, 3.63) is 58.0 Å². The van der Waals surface area contributed by atoms with Gasteiger partial charge in [0.1, 0.15) is 22.5 Å². The highest BCUT2D eigenvalue weighted by atomic mass is 35.5. The minimum atomic E-state index is -1.15. The Morgan fingerprint density at radius 2 is 2.13 bits per heavy atom. The van der Waals surface area contributed by atoms with Gasteiger partial charge in [0, 0.05) is 10.6 Å². The highest BCUT2D eigenvalue weighted by Gasteiger charge is 2.17. The Labute approximate surface area is 181 Å². The van der Waals surface area contributed by atoms with Gasteiger partial charge in [-0.05, 0) is 42.1 Å². The number of halogens is 1. The first-order chi connectivity index (χ1) is 14.5. The van der Waals surface area contributed by atoms with E-state index in [2.05, 4.69) is 15.2 Å². The number of hydrogen-bond donors (Lipinski definition) is 2. The van der Waals surface area contributed by atoms with Gasteiger partial charge in [0.25, 0.3) is 0 Å². The Bertz CT molecular complexity index is 1140. The van der Waals surface area contributed by atoms with Gasteiger partial charge in [0.15, 0.2) is 12.4 Å². The average molecular weight is 443 g/mol. The number of aliphatic carboxylic acids is 1. The Hall–Kier alpha value is -3.48. The van der Waals surface area contributed by atoms with E-state index in [9.17, 15) is 9.90 Å². The zero-order valence-electron chi connectivity index (χ0n) is 15.6. The Morgan fingerprint density at radius 1 is 1.33 bits per heavy atom. The molecule has 1 heterocycles. The van der Waals surface area contributed by atoms with Crippen LogP contribution >= 0.6 is 23.4 Å². The molecule has 0 aliphatic carbocycles. The molecule has 0 spiro atoms. The number of hydrogen-bond acceptors (Lipinski definition) is 7. The Kier molecular flexibility index (Phi) is 6.95.